The van der Waals surface area contributed by atoms with Crippen LogP contribution in [0, 0.1) is 5.92 Å². The minimum atomic E-state index is 0. The molecule has 0 spiro atoms. The number of rotatable bonds is 6. The van der Waals surface area contributed by atoms with E-state index in [0.29, 0.717) is 11.8 Å². The SMILES string of the molecule is CCNC(=NCC(C)Cn1cccn1)N1CCC(c2ccccc2)C1.I. The van der Waals surface area contributed by atoms with Crippen LogP contribution in [0.3, 0.4) is 0 Å². The van der Waals surface area contributed by atoms with Crippen molar-refractivity contribution in [3.8, 4) is 0 Å². The summed E-state index contributed by atoms with van der Waals surface area (Å²) in [4.78, 5) is 7.30. The van der Waals surface area contributed by atoms with Gasteiger partial charge in [0.1, 0.15) is 0 Å². The highest BCUT2D eigenvalue weighted by atomic mass is 127. The van der Waals surface area contributed by atoms with Crippen LogP contribution in [0.2, 0.25) is 0 Å². The lowest BCUT2D eigenvalue weighted by atomic mass is 9.99. The van der Waals surface area contributed by atoms with Crippen LogP contribution in [-0.4, -0.2) is 46.8 Å². The minimum Gasteiger partial charge on any atom is -0.357 e. The van der Waals surface area contributed by atoms with Gasteiger partial charge in [-0.05, 0) is 30.9 Å². The Labute approximate surface area is 173 Å². The van der Waals surface area contributed by atoms with E-state index in [-0.39, 0.29) is 24.0 Å². The predicted molar refractivity (Wildman–Crippen MR) is 118 cm³/mol. The zero-order valence-electron chi connectivity index (χ0n) is 15.7. The van der Waals surface area contributed by atoms with Crippen molar-refractivity contribution in [2.24, 2.45) is 10.9 Å². The number of hydrogen-bond donors (Lipinski definition) is 1. The molecule has 26 heavy (non-hydrogen) atoms. The van der Waals surface area contributed by atoms with Crippen molar-refractivity contribution in [2.45, 2.75) is 32.7 Å². The minimum absolute atomic E-state index is 0. The number of halogens is 1. The lowest BCUT2D eigenvalue weighted by Gasteiger charge is -2.22. The third kappa shape index (κ3) is 5.72. The van der Waals surface area contributed by atoms with Crippen molar-refractivity contribution < 1.29 is 0 Å². The summed E-state index contributed by atoms with van der Waals surface area (Å²) in [5, 5.41) is 7.75. The van der Waals surface area contributed by atoms with Gasteiger partial charge in [0.2, 0.25) is 0 Å². The molecular weight excluding hydrogens is 437 g/mol. The van der Waals surface area contributed by atoms with Gasteiger partial charge in [-0.15, -0.1) is 24.0 Å². The average molecular weight is 467 g/mol. The van der Waals surface area contributed by atoms with E-state index in [1.165, 1.54) is 12.0 Å². The van der Waals surface area contributed by atoms with Gasteiger partial charge in [-0.1, -0.05) is 37.3 Å². The Morgan fingerprint density at radius 2 is 2.12 bits per heavy atom. The maximum absolute atomic E-state index is 4.89. The predicted octanol–water partition coefficient (Wildman–Crippen LogP) is 3.59. The van der Waals surface area contributed by atoms with E-state index >= 15 is 0 Å². The van der Waals surface area contributed by atoms with Crippen LogP contribution in [0.4, 0.5) is 0 Å². The average Bonchev–Trinajstić information content (AvgIpc) is 3.31. The van der Waals surface area contributed by atoms with Gasteiger partial charge in [0.25, 0.3) is 0 Å². The van der Waals surface area contributed by atoms with Crippen molar-refractivity contribution in [1.82, 2.24) is 20.0 Å². The van der Waals surface area contributed by atoms with Crippen LogP contribution in [0.1, 0.15) is 31.7 Å². The number of guanidine groups is 1. The molecule has 0 amide bonds. The lowest BCUT2D eigenvalue weighted by molar-refractivity contribution is 0.446. The number of benzene rings is 1. The van der Waals surface area contributed by atoms with Gasteiger partial charge in [0.05, 0.1) is 0 Å². The fraction of sp³-hybridized carbons (Fsp3) is 0.500. The van der Waals surface area contributed by atoms with Gasteiger partial charge < -0.3 is 10.2 Å². The Morgan fingerprint density at radius 3 is 2.81 bits per heavy atom. The second kappa shape index (κ2) is 10.5. The Hall–Kier alpha value is -1.57. The molecule has 0 radical (unpaired) electrons. The van der Waals surface area contributed by atoms with E-state index in [0.717, 1.165) is 38.7 Å². The Balaban J connectivity index is 0.00000243. The molecule has 1 aliphatic rings. The van der Waals surface area contributed by atoms with Crippen molar-refractivity contribution in [3.63, 3.8) is 0 Å². The van der Waals surface area contributed by atoms with Crippen LogP contribution in [0.25, 0.3) is 0 Å². The third-order valence-electron chi connectivity index (χ3n) is 4.70. The Kier molecular flexibility index (Phi) is 8.41. The van der Waals surface area contributed by atoms with Gasteiger partial charge >= 0.3 is 0 Å². The molecule has 0 aliphatic carbocycles. The quantitative estimate of drug-likeness (QED) is 0.401. The molecule has 0 bridgehead atoms. The molecule has 1 aromatic carbocycles. The van der Waals surface area contributed by atoms with E-state index in [9.17, 15) is 0 Å². The molecule has 142 valence electrons. The van der Waals surface area contributed by atoms with Crippen molar-refractivity contribution >= 4 is 29.9 Å². The third-order valence-corrected chi connectivity index (χ3v) is 4.70. The Morgan fingerprint density at radius 1 is 1.31 bits per heavy atom. The largest absolute Gasteiger partial charge is 0.357 e. The first-order valence-electron chi connectivity index (χ1n) is 9.32. The number of aliphatic imine (C=N–C) groups is 1. The summed E-state index contributed by atoms with van der Waals surface area (Å²) < 4.78 is 1.98. The molecule has 5 nitrogen and oxygen atoms in total. The molecule has 0 saturated carbocycles. The summed E-state index contributed by atoms with van der Waals surface area (Å²) in [5.41, 5.74) is 1.44. The normalized spacial score (nSPS) is 18.5. The number of hydrogen-bond acceptors (Lipinski definition) is 2. The fourth-order valence-electron chi connectivity index (χ4n) is 3.40. The maximum atomic E-state index is 4.89. The summed E-state index contributed by atoms with van der Waals surface area (Å²) in [6.45, 7) is 9.09. The Bertz CT molecular complexity index is 656. The second-order valence-corrected chi connectivity index (χ2v) is 6.87. The molecule has 1 saturated heterocycles. The molecule has 2 heterocycles. The number of likely N-dealkylation sites (tertiary alicyclic amines) is 1. The van der Waals surface area contributed by atoms with Crippen LogP contribution in [-0.2, 0) is 6.54 Å². The molecule has 1 aromatic heterocycles. The molecular formula is C20H30IN5. The molecule has 3 rings (SSSR count). The van der Waals surface area contributed by atoms with E-state index in [4.69, 9.17) is 4.99 Å². The summed E-state index contributed by atoms with van der Waals surface area (Å²) >= 11 is 0. The summed E-state index contributed by atoms with van der Waals surface area (Å²) in [6.07, 6.45) is 5.03. The summed E-state index contributed by atoms with van der Waals surface area (Å²) in [7, 11) is 0. The maximum Gasteiger partial charge on any atom is 0.193 e. The first kappa shape index (κ1) is 20.7. The van der Waals surface area contributed by atoms with Gasteiger partial charge in [0, 0.05) is 51.0 Å². The van der Waals surface area contributed by atoms with Gasteiger partial charge in [-0.2, -0.15) is 5.10 Å². The number of aromatic nitrogens is 2. The first-order valence-corrected chi connectivity index (χ1v) is 9.32. The molecule has 2 unspecified atom stereocenters. The van der Waals surface area contributed by atoms with Gasteiger partial charge in [-0.25, -0.2) is 0 Å². The molecule has 1 N–H and O–H groups in total. The second-order valence-electron chi connectivity index (χ2n) is 6.87. The highest BCUT2D eigenvalue weighted by Gasteiger charge is 2.25. The number of nitrogens with one attached hydrogen (secondary N) is 1. The molecule has 2 aromatic rings. The standard InChI is InChI=1S/C20H29N5.HI/c1-3-21-20(22-14-17(2)15-25-12-7-11-23-25)24-13-10-19(16-24)18-8-5-4-6-9-18;/h4-9,11-12,17,19H,3,10,13-16H2,1-2H3,(H,21,22);1H. The van der Waals surface area contributed by atoms with Gasteiger partial charge in [-0.3, -0.25) is 9.67 Å². The van der Waals surface area contributed by atoms with E-state index in [2.05, 4.69) is 59.5 Å². The van der Waals surface area contributed by atoms with Crippen molar-refractivity contribution in [3.05, 3.63) is 54.4 Å². The monoisotopic (exact) mass is 467 g/mol. The van der Waals surface area contributed by atoms with E-state index in [1.807, 2.05) is 23.1 Å². The molecule has 6 heteroatoms. The highest BCUT2D eigenvalue weighted by molar-refractivity contribution is 14.0. The van der Waals surface area contributed by atoms with Crippen LogP contribution >= 0.6 is 24.0 Å². The van der Waals surface area contributed by atoms with Crippen LogP contribution in [0.15, 0.2) is 53.8 Å². The number of nitrogens with zero attached hydrogens (tertiary/aromatic N) is 4. The first-order chi connectivity index (χ1) is 12.3. The van der Waals surface area contributed by atoms with Gasteiger partial charge in [0.15, 0.2) is 5.96 Å². The molecule has 1 fully saturated rings. The fourth-order valence-corrected chi connectivity index (χ4v) is 3.40. The lowest BCUT2D eigenvalue weighted by Crippen LogP contribution is -2.40. The smallest absolute Gasteiger partial charge is 0.193 e. The summed E-state index contributed by atoms with van der Waals surface area (Å²) in [6, 6.07) is 12.8. The van der Waals surface area contributed by atoms with Crippen LogP contribution < -0.4 is 5.32 Å². The molecule has 1 aliphatic heterocycles. The van der Waals surface area contributed by atoms with Crippen LogP contribution in [0.5, 0.6) is 0 Å². The summed E-state index contributed by atoms with van der Waals surface area (Å²) in [5.74, 6) is 2.11. The topological polar surface area (TPSA) is 45.5 Å². The van der Waals surface area contributed by atoms with E-state index < -0.39 is 0 Å². The highest BCUT2D eigenvalue weighted by Crippen LogP contribution is 2.26. The zero-order chi connectivity index (χ0) is 17.5. The van der Waals surface area contributed by atoms with Crippen molar-refractivity contribution in [2.75, 3.05) is 26.2 Å². The van der Waals surface area contributed by atoms with Crippen molar-refractivity contribution in [1.29, 1.82) is 0 Å². The molecule has 2 atom stereocenters. The van der Waals surface area contributed by atoms with E-state index in [1.54, 1.807) is 0 Å². The zero-order valence-corrected chi connectivity index (χ0v) is 18.0.